The summed E-state index contributed by atoms with van der Waals surface area (Å²) < 4.78 is 11.8. The Kier molecular flexibility index (Phi) is 10.8. The number of hydrogen-bond donors (Lipinski definition) is 2. The number of carbonyl (C=O) groups is 1. The van der Waals surface area contributed by atoms with E-state index < -0.39 is 0 Å². The molecule has 0 radical (unpaired) electrons. The molecule has 44 heavy (non-hydrogen) atoms. The van der Waals surface area contributed by atoms with Gasteiger partial charge in [0.05, 0.1) is 39.8 Å². The van der Waals surface area contributed by atoms with Gasteiger partial charge < -0.3 is 25.0 Å². The lowest BCUT2D eigenvalue weighted by Crippen LogP contribution is -2.13. The van der Waals surface area contributed by atoms with Crippen LogP contribution >= 0.6 is 11.6 Å². The average molecular weight is 613 g/mol. The molecule has 9 nitrogen and oxygen atoms in total. The molecule has 0 fully saturated rings. The number of aromatic nitrogens is 2. The number of nitrogens with zero attached hydrogens (tertiary/aromatic N) is 4. The molecule has 0 spiro atoms. The van der Waals surface area contributed by atoms with E-state index in [1.807, 2.05) is 50.3 Å². The van der Waals surface area contributed by atoms with Crippen molar-refractivity contribution < 1.29 is 14.3 Å². The second kappa shape index (κ2) is 14.7. The van der Waals surface area contributed by atoms with E-state index in [1.54, 1.807) is 37.3 Å². The zero-order valence-electron chi connectivity index (χ0n) is 25.9. The molecule has 2 heterocycles. The predicted octanol–water partition coefficient (Wildman–Crippen LogP) is 7.36. The van der Waals surface area contributed by atoms with Gasteiger partial charge in [-0.1, -0.05) is 37.6 Å². The first kappa shape index (κ1) is 32.3. The fraction of sp³-hybridized carbons (Fsp3) is 0.294. The van der Waals surface area contributed by atoms with Crippen LogP contribution in [0, 0.1) is 18.3 Å². The molecule has 0 atom stereocenters. The summed E-state index contributed by atoms with van der Waals surface area (Å²) in [7, 11) is 3.85. The summed E-state index contributed by atoms with van der Waals surface area (Å²) in [6.07, 6.45) is 5.07. The number of anilines is 3. The molecule has 1 amide bonds. The Morgan fingerprint density at radius 2 is 1.93 bits per heavy atom. The molecule has 4 rings (SSSR count). The van der Waals surface area contributed by atoms with Gasteiger partial charge in [-0.2, -0.15) is 5.26 Å². The van der Waals surface area contributed by atoms with Crippen molar-refractivity contribution in [2.24, 2.45) is 0 Å². The van der Waals surface area contributed by atoms with Gasteiger partial charge >= 0.3 is 0 Å². The molecule has 4 aromatic rings. The number of fused-ring (bicyclic) bond motifs is 1. The number of aryl methyl sites for hydroxylation is 1. The summed E-state index contributed by atoms with van der Waals surface area (Å²) in [5.41, 5.74) is 5.16. The summed E-state index contributed by atoms with van der Waals surface area (Å²) >= 11 is 6.62. The second-order valence-corrected chi connectivity index (χ2v) is 11.2. The molecule has 0 aliphatic rings. The largest absolute Gasteiger partial charge is 0.492 e. The molecule has 0 aliphatic carbocycles. The fourth-order valence-corrected chi connectivity index (χ4v) is 4.70. The highest BCUT2D eigenvalue weighted by molar-refractivity contribution is 6.32. The lowest BCUT2D eigenvalue weighted by Gasteiger charge is -2.17. The zero-order chi connectivity index (χ0) is 31.8. The molecule has 0 bridgehead atoms. The van der Waals surface area contributed by atoms with Crippen molar-refractivity contribution in [2.45, 2.75) is 40.2 Å². The predicted molar refractivity (Wildman–Crippen MR) is 176 cm³/mol. The van der Waals surface area contributed by atoms with Gasteiger partial charge in [0, 0.05) is 47.2 Å². The topological polar surface area (TPSA) is 112 Å². The van der Waals surface area contributed by atoms with E-state index in [9.17, 15) is 10.1 Å². The molecule has 0 unspecified atom stereocenters. The van der Waals surface area contributed by atoms with Gasteiger partial charge in [-0.15, -0.1) is 0 Å². The fourth-order valence-electron chi connectivity index (χ4n) is 4.46. The molecule has 2 aromatic carbocycles. The van der Waals surface area contributed by atoms with Crippen molar-refractivity contribution in [3.05, 3.63) is 88.4 Å². The lowest BCUT2D eigenvalue weighted by atomic mass is 10.0. The molecule has 0 aliphatic heterocycles. The Labute approximate surface area is 263 Å². The highest BCUT2D eigenvalue weighted by Crippen LogP contribution is 2.38. The van der Waals surface area contributed by atoms with E-state index in [-0.39, 0.29) is 5.91 Å². The Balaban J connectivity index is 1.64. The standard InChI is InChI=1S/C34H37ClN6O3/c1-7-43-32-17-29-25(16-30(32)40-33(42)9-8-14-41(5)6)34(26(18-36)22(4)38-29)39-24-11-13-31(27(35)15-24)44-20-23-10-12-28(21(2)3)37-19-23/h8-13,15-17,19,21H,7,14,20H2,1-6H3,(H,38,39)(H,40,42)/b9-8+. The number of nitriles is 1. The number of likely N-dealkylation sites (N-methyl/N-ethyl adjacent to an activating group) is 1. The maximum absolute atomic E-state index is 12.7. The quantitative estimate of drug-likeness (QED) is 0.160. The van der Waals surface area contributed by atoms with Crippen LogP contribution in [0.2, 0.25) is 5.02 Å². The smallest absolute Gasteiger partial charge is 0.248 e. The highest BCUT2D eigenvalue weighted by Gasteiger charge is 2.18. The molecular formula is C34H37ClN6O3. The summed E-state index contributed by atoms with van der Waals surface area (Å²) in [4.78, 5) is 23.8. The molecule has 0 saturated heterocycles. The SMILES string of the molecule is CCOc1cc2nc(C)c(C#N)c(Nc3ccc(OCc4ccc(C(C)C)nc4)c(Cl)c3)c2cc1NC(=O)/C=C/CN(C)C. The number of amides is 1. The lowest BCUT2D eigenvalue weighted by molar-refractivity contribution is -0.111. The normalized spacial score (nSPS) is 11.3. The van der Waals surface area contributed by atoms with Gasteiger partial charge in [0.1, 0.15) is 24.2 Å². The third kappa shape index (κ3) is 8.04. The van der Waals surface area contributed by atoms with Crippen LogP contribution < -0.4 is 20.1 Å². The number of pyridine rings is 2. The van der Waals surface area contributed by atoms with Crippen molar-refractivity contribution in [1.29, 1.82) is 5.26 Å². The Hall–Kier alpha value is -4.65. The first-order valence-corrected chi connectivity index (χ1v) is 14.7. The number of carbonyl (C=O) groups excluding carboxylic acids is 1. The van der Waals surface area contributed by atoms with E-state index in [1.165, 1.54) is 6.08 Å². The number of rotatable bonds is 12. The van der Waals surface area contributed by atoms with Crippen molar-refractivity contribution >= 4 is 45.5 Å². The van der Waals surface area contributed by atoms with Crippen LogP contribution in [-0.2, 0) is 11.4 Å². The van der Waals surface area contributed by atoms with Gasteiger partial charge in [0.15, 0.2) is 0 Å². The molecule has 10 heteroatoms. The summed E-state index contributed by atoms with van der Waals surface area (Å²) in [5.74, 6) is 1.07. The Morgan fingerprint density at radius 1 is 1.14 bits per heavy atom. The van der Waals surface area contributed by atoms with Gasteiger partial charge in [-0.25, -0.2) is 0 Å². The Bertz CT molecular complexity index is 1710. The number of hydrogen-bond acceptors (Lipinski definition) is 8. The van der Waals surface area contributed by atoms with Crippen LogP contribution in [0.15, 0.2) is 60.8 Å². The Morgan fingerprint density at radius 3 is 2.57 bits per heavy atom. The van der Waals surface area contributed by atoms with E-state index in [0.29, 0.717) is 81.4 Å². The minimum atomic E-state index is -0.295. The first-order chi connectivity index (χ1) is 21.1. The van der Waals surface area contributed by atoms with E-state index in [2.05, 4.69) is 40.5 Å². The number of halogens is 1. The van der Waals surface area contributed by atoms with Crippen LogP contribution in [0.4, 0.5) is 17.1 Å². The van der Waals surface area contributed by atoms with Crippen LogP contribution in [0.25, 0.3) is 10.9 Å². The molecular weight excluding hydrogens is 576 g/mol. The van der Waals surface area contributed by atoms with Gasteiger partial charge in [-0.05, 0) is 64.2 Å². The van der Waals surface area contributed by atoms with Crippen molar-refractivity contribution in [2.75, 3.05) is 37.9 Å². The molecule has 2 aromatic heterocycles. The van der Waals surface area contributed by atoms with Gasteiger partial charge in [0.25, 0.3) is 0 Å². The first-order valence-electron chi connectivity index (χ1n) is 14.4. The van der Waals surface area contributed by atoms with Crippen molar-refractivity contribution in [3.63, 3.8) is 0 Å². The molecule has 2 N–H and O–H groups in total. The van der Waals surface area contributed by atoms with Crippen LogP contribution in [0.5, 0.6) is 11.5 Å². The summed E-state index contributed by atoms with van der Waals surface area (Å²) in [5, 5.41) is 17.4. The van der Waals surface area contributed by atoms with E-state index >= 15 is 0 Å². The number of benzene rings is 2. The summed E-state index contributed by atoms with van der Waals surface area (Å²) in [6, 6.07) is 15.2. The maximum Gasteiger partial charge on any atom is 0.248 e. The minimum Gasteiger partial charge on any atom is -0.492 e. The zero-order valence-corrected chi connectivity index (χ0v) is 26.6. The van der Waals surface area contributed by atoms with Gasteiger partial charge in [-0.3, -0.25) is 14.8 Å². The minimum absolute atomic E-state index is 0.295. The average Bonchev–Trinajstić information content (AvgIpc) is 2.97. The summed E-state index contributed by atoms with van der Waals surface area (Å²) in [6.45, 7) is 9.20. The third-order valence-corrected chi connectivity index (χ3v) is 7.01. The molecule has 228 valence electrons. The van der Waals surface area contributed by atoms with E-state index in [4.69, 9.17) is 21.1 Å². The molecule has 0 saturated carbocycles. The van der Waals surface area contributed by atoms with Crippen molar-refractivity contribution in [1.82, 2.24) is 14.9 Å². The monoisotopic (exact) mass is 612 g/mol. The second-order valence-electron chi connectivity index (χ2n) is 10.8. The van der Waals surface area contributed by atoms with Crippen LogP contribution in [-0.4, -0.2) is 48.0 Å². The van der Waals surface area contributed by atoms with Gasteiger partial charge in [0.2, 0.25) is 5.91 Å². The van der Waals surface area contributed by atoms with Crippen LogP contribution in [0.3, 0.4) is 0 Å². The number of ether oxygens (including phenoxy) is 2. The van der Waals surface area contributed by atoms with Crippen LogP contribution in [0.1, 0.15) is 49.2 Å². The van der Waals surface area contributed by atoms with E-state index in [0.717, 1.165) is 11.3 Å². The highest BCUT2D eigenvalue weighted by atomic mass is 35.5. The number of nitrogens with one attached hydrogen (secondary N) is 2. The maximum atomic E-state index is 12.7. The van der Waals surface area contributed by atoms with Crippen molar-refractivity contribution in [3.8, 4) is 17.6 Å². The third-order valence-electron chi connectivity index (χ3n) is 6.71.